The molecule has 2 aliphatic heterocycles. The van der Waals surface area contributed by atoms with Crippen molar-refractivity contribution in [3.63, 3.8) is 0 Å². The molecule has 0 radical (unpaired) electrons. The summed E-state index contributed by atoms with van der Waals surface area (Å²) in [5, 5.41) is 5.70. The Morgan fingerprint density at radius 2 is 2.14 bits per heavy atom. The van der Waals surface area contributed by atoms with Gasteiger partial charge in [0.15, 0.2) is 0 Å². The molecule has 1 N–H and O–H groups in total. The third-order valence-electron chi connectivity index (χ3n) is 5.21. The van der Waals surface area contributed by atoms with Gasteiger partial charge in [0.05, 0.1) is 0 Å². The van der Waals surface area contributed by atoms with Gasteiger partial charge in [-0.15, -0.1) is 11.3 Å². The summed E-state index contributed by atoms with van der Waals surface area (Å²) in [6.07, 6.45) is 4.13. The maximum absolute atomic E-state index is 12.8. The van der Waals surface area contributed by atoms with Crippen molar-refractivity contribution in [3.8, 4) is 0 Å². The van der Waals surface area contributed by atoms with E-state index in [2.05, 4.69) is 34.7 Å². The largest absolute Gasteiger partial charge is 0.381 e. The van der Waals surface area contributed by atoms with Crippen LogP contribution in [0, 0.1) is 5.41 Å². The number of thiophene rings is 1. The molecule has 0 bridgehead atoms. The lowest BCUT2D eigenvalue weighted by Gasteiger charge is -2.38. The molecule has 1 unspecified atom stereocenters. The van der Waals surface area contributed by atoms with Crippen LogP contribution in [0.15, 0.2) is 17.5 Å². The van der Waals surface area contributed by atoms with Crippen molar-refractivity contribution in [2.45, 2.75) is 44.3 Å². The van der Waals surface area contributed by atoms with Crippen LogP contribution in [0.5, 0.6) is 0 Å². The first-order valence-electron chi connectivity index (χ1n) is 7.82. The Kier molecular flexibility index (Phi) is 3.14. The lowest BCUT2D eigenvalue weighted by molar-refractivity contribution is -0.133. The number of amides is 1. The van der Waals surface area contributed by atoms with E-state index in [1.54, 1.807) is 11.3 Å². The van der Waals surface area contributed by atoms with Gasteiger partial charge in [0, 0.05) is 24.6 Å². The second-order valence-electron chi connectivity index (χ2n) is 7.00. The minimum absolute atomic E-state index is 0.0691. The van der Waals surface area contributed by atoms with Gasteiger partial charge in [-0.2, -0.15) is 0 Å². The van der Waals surface area contributed by atoms with E-state index in [-0.39, 0.29) is 17.1 Å². The average molecular weight is 306 g/mol. The van der Waals surface area contributed by atoms with Crippen LogP contribution in [0.2, 0.25) is 0 Å². The third-order valence-corrected chi connectivity index (χ3v) is 6.13. The van der Waals surface area contributed by atoms with Crippen LogP contribution in [-0.4, -0.2) is 36.1 Å². The third kappa shape index (κ3) is 2.31. The van der Waals surface area contributed by atoms with E-state index in [4.69, 9.17) is 4.74 Å². The molecular weight excluding hydrogens is 284 g/mol. The fourth-order valence-corrected chi connectivity index (χ4v) is 4.33. The highest BCUT2D eigenvalue weighted by atomic mass is 32.1. The maximum atomic E-state index is 12.8. The molecule has 0 aromatic carbocycles. The van der Waals surface area contributed by atoms with E-state index in [1.807, 2.05) is 0 Å². The molecule has 4 rings (SSSR count). The van der Waals surface area contributed by atoms with Gasteiger partial charge in [-0.05, 0) is 42.5 Å². The average Bonchev–Trinajstić information content (AvgIpc) is 2.96. The molecule has 21 heavy (non-hydrogen) atoms. The quantitative estimate of drug-likeness (QED) is 0.933. The fourth-order valence-electron chi connectivity index (χ4n) is 3.54. The summed E-state index contributed by atoms with van der Waals surface area (Å²) in [7, 11) is 0. The molecule has 1 atom stereocenters. The molecule has 2 saturated heterocycles. The Hall–Kier alpha value is -0.910. The van der Waals surface area contributed by atoms with Gasteiger partial charge >= 0.3 is 0 Å². The Bertz CT molecular complexity index is 532. The van der Waals surface area contributed by atoms with Crippen molar-refractivity contribution in [3.05, 3.63) is 22.4 Å². The second-order valence-corrected chi connectivity index (χ2v) is 7.98. The number of ether oxygens (including phenoxy) is 1. The first-order valence-corrected chi connectivity index (χ1v) is 8.70. The summed E-state index contributed by atoms with van der Waals surface area (Å²) in [4.78, 5) is 16.2. The lowest BCUT2D eigenvalue weighted by Crippen LogP contribution is -2.42. The molecule has 3 aliphatic rings. The molecule has 1 aliphatic carbocycles. The van der Waals surface area contributed by atoms with E-state index >= 15 is 0 Å². The molecule has 3 heterocycles. The standard InChI is InChI=1S/C16H22N2O2S/c1-15(6-8-20-9-7-15)11-18-13(12-3-2-10-21-12)17-16(4-5-16)14(18)19/h2-3,10,13,17H,4-9,11H2,1H3. The van der Waals surface area contributed by atoms with Crippen LogP contribution < -0.4 is 5.32 Å². The molecule has 4 nitrogen and oxygen atoms in total. The van der Waals surface area contributed by atoms with Gasteiger partial charge in [0.25, 0.3) is 0 Å². The van der Waals surface area contributed by atoms with Crippen LogP contribution in [0.3, 0.4) is 0 Å². The van der Waals surface area contributed by atoms with E-state index in [0.29, 0.717) is 5.91 Å². The Labute approximate surface area is 129 Å². The maximum Gasteiger partial charge on any atom is 0.244 e. The van der Waals surface area contributed by atoms with Crippen LogP contribution in [0.4, 0.5) is 0 Å². The van der Waals surface area contributed by atoms with E-state index in [0.717, 1.165) is 45.4 Å². The normalized spacial score (nSPS) is 30.0. The summed E-state index contributed by atoms with van der Waals surface area (Å²) in [5.74, 6) is 0.314. The molecule has 5 heteroatoms. The van der Waals surface area contributed by atoms with Crippen LogP contribution in [0.1, 0.15) is 43.6 Å². The van der Waals surface area contributed by atoms with Gasteiger partial charge in [-0.25, -0.2) is 0 Å². The minimum atomic E-state index is -0.240. The lowest BCUT2D eigenvalue weighted by atomic mass is 9.82. The molecule has 3 fully saturated rings. The van der Waals surface area contributed by atoms with Crippen LogP contribution >= 0.6 is 11.3 Å². The number of hydrogen-bond acceptors (Lipinski definition) is 4. The highest BCUT2D eigenvalue weighted by Crippen LogP contribution is 2.48. The SMILES string of the molecule is CC1(CN2C(=O)C3(CC3)NC2c2cccs2)CCOCC1. The van der Waals surface area contributed by atoms with Crippen molar-refractivity contribution < 1.29 is 9.53 Å². The smallest absolute Gasteiger partial charge is 0.244 e. The second kappa shape index (κ2) is 4.80. The van der Waals surface area contributed by atoms with Gasteiger partial charge in [0.2, 0.25) is 5.91 Å². The van der Waals surface area contributed by atoms with Crippen molar-refractivity contribution >= 4 is 17.2 Å². The number of nitrogens with zero attached hydrogens (tertiary/aromatic N) is 1. The molecule has 1 spiro atoms. The molecule has 114 valence electrons. The van der Waals surface area contributed by atoms with Crippen molar-refractivity contribution in [2.75, 3.05) is 19.8 Å². The highest BCUT2D eigenvalue weighted by Gasteiger charge is 2.60. The Morgan fingerprint density at radius 1 is 1.38 bits per heavy atom. The number of carbonyl (C=O) groups excluding carboxylic acids is 1. The molecule has 1 amide bonds. The predicted molar refractivity (Wildman–Crippen MR) is 82.0 cm³/mol. The van der Waals surface area contributed by atoms with E-state index < -0.39 is 0 Å². The first-order chi connectivity index (χ1) is 10.1. The van der Waals surface area contributed by atoms with Crippen molar-refractivity contribution in [1.82, 2.24) is 10.2 Å². The molecule has 1 aromatic rings. The van der Waals surface area contributed by atoms with Crippen molar-refractivity contribution in [1.29, 1.82) is 0 Å². The van der Waals surface area contributed by atoms with Crippen LogP contribution in [0.25, 0.3) is 0 Å². The summed E-state index contributed by atoms with van der Waals surface area (Å²) in [6, 6.07) is 4.20. The zero-order valence-corrected chi connectivity index (χ0v) is 13.2. The van der Waals surface area contributed by atoms with Gasteiger partial charge < -0.3 is 9.64 Å². The summed E-state index contributed by atoms with van der Waals surface area (Å²) >= 11 is 1.73. The Balaban J connectivity index is 1.59. The zero-order valence-electron chi connectivity index (χ0n) is 12.4. The summed E-state index contributed by atoms with van der Waals surface area (Å²) in [6.45, 7) is 4.78. The topological polar surface area (TPSA) is 41.6 Å². The van der Waals surface area contributed by atoms with Gasteiger partial charge in [-0.3, -0.25) is 10.1 Å². The Morgan fingerprint density at radius 3 is 2.76 bits per heavy atom. The minimum Gasteiger partial charge on any atom is -0.381 e. The van der Waals surface area contributed by atoms with Crippen molar-refractivity contribution in [2.24, 2.45) is 5.41 Å². The number of nitrogens with one attached hydrogen (secondary N) is 1. The van der Waals surface area contributed by atoms with Crippen LogP contribution in [-0.2, 0) is 9.53 Å². The number of carbonyl (C=O) groups is 1. The summed E-state index contributed by atoms with van der Waals surface area (Å²) in [5.41, 5.74) is -0.0539. The number of rotatable bonds is 3. The summed E-state index contributed by atoms with van der Waals surface area (Å²) < 4.78 is 5.49. The predicted octanol–water partition coefficient (Wildman–Crippen LogP) is 2.53. The monoisotopic (exact) mass is 306 g/mol. The number of hydrogen-bond donors (Lipinski definition) is 1. The zero-order chi connectivity index (χ0) is 14.5. The molecule has 1 saturated carbocycles. The van der Waals surface area contributed by atoms with Gasteiger partial charge in [0.1, 0.15) is 11.7 Å². The molecular formula is C16H22N2O2S. The molecule has 1 aromatic heterocycles. The highest BCUT2D eigenvalue weighted by molar-refractivity contribution is 7.10. The first kappa shape index (κ1) is 13.7. The van der Waals surface area contributed by atoms with E-state index in [1.165, 1.54) is 4.88 Å². The fraction of sp³-hybridized carbons (Fsp3) is 0.688. The van der Waals surface area contributed by atoms with E-state index in [9.17, 15) is 4.79 Å². The van der Waals surface area contributed by atoms with Gasteiger partial charge in [-0.1, -0.05) is 13.0 Å².